The van der Waals surface area contributed by atoms with Crippen molar-refractivity contribution in [1.82, 2.24) is 5.32 Å². The van der Waals surface area contributed by atoms with Gasteiger partial charge in [-0.05, 0) is 67.5 Å². The number of carbonyl (C=O) groups is 1. The Morgan fingerprint density at radius 3 is 2.27 bits per heavy atom. The number of rotatable bonds is 9. The van der Waals surface area contributed by atoms with Gasteiger partial charge in [-0.25, -0.2) is 0 Å². The zero-order chi connectivity index (χ0) is 19.1. The molecule has 0 aliphatic heterocycles. The van der Waals surface area contributed by atoms with Crippen LogP contribution in [0.5, 0.6) is 5.75 Å². The van der Waals surface area contributed by atoms with Gasteiger partial charge in [0.05, 0.1) is 8.95 Å². The molecule has 2 rings (SSSR count). The SMILES string of the molecule is CC(C)CC(NCc1cc(Br)c(OCc2ccccc2)c(Br)c1)C(=O)O. The third-order valence-electron chi connectivity index (χ3n) is 3.84. The molecule has 26 heavy (non-hydrogen) atoms. The standard InChI is InChI=1S/C20H23Br2NO3/c1-13(2)8-18(20(24)25)23-11-15-9-16(21)19(17(22)10-15)26-12-14-6-4-3-5-7-14/h3-7,9-10,13,18,23H,8,11-12H2,1-2H3,(H,24,25). The van der Waals surface area contributed by atoms with E-state index in [0.29, 0.717) is 25.5 Å². The smallest absolute Gasteiger partial charge is 0.320 e. The third-order valence-corrected chi connectivity index (χ3v) is 5.02. The third kappa shape index (κ3) is 6.41. The molecule has 0 radical (unpaired) electrons. The maximum atomic E-state index is 11.4. The van der Waals surface area contributed by atoms with Crippen molar-refractivity contribution < 1.29 is 14.6 Å². The number of hydrogen-bond acceptors (Lipinski definition) is 3. The Morgan fingerprint density at radius 2 is 1.73 bits per heavy atom. The number of hydrogen-bond donors (Lipinski definition) is 2. The maximum Gasteiger partial charge on any atom is 0.320 e. The molecule has 0 aliphatic carbocycles. The fourth-order valence-electron chi connectivity index (χ4n) is 2.57. The fraction of sp³-hybridized carbons (Fsp3) is 0.350. The van der Waals surface area contributed by atoms with E-state index in [9.17, 15) is 9.90 Å². The minimum absolute atomic E-state index is 0.316. The second-order valence-corrected chi connectivity index (χ2v) is 8.27. The molecule has 0 aliphatic rings. The van der Waals surface area contributed by atoms with Crippen LogP contribution in [0.2, 0.25) is 0 Å². The second-order valence-electron chi connectivity index (χ2n) is 6.56. The topological polar surface area (TPSA) is 58.6 Å². The number of halogens is 2. The summed E-state index contributed by atoms with van der Waals surface area (Å²) in [6.45, 7) is 4.98. The highest BCUT2D eigenvalue weighted by molar-refractivity contribution is 9.11. The molecule has 0 heterocycles. The lowest BCUT2D eigenvalue weighted by atomic mass is 10.0. The first-order valence-corrected chi connectivity index (χ1v) is 10.1. The largest absolute Gasteiger partial charge is 0.487 e. The molecule has 2 aromatic rings. The van der Waals surface area contributed by atoms with Crippen molar-refractivity contribution in [2.45, 2.75) is 39.5 Å². The lowest BCUT2D eigenvalue weighted by Crippen LogP contribution is -2.37. The molecule has 0 aromatic heterocycles. The quantitative estimate of drug-likeness (QED) is 0.501. The normalized spacial score (nSPS) is 12.2. The summed E-state index contributed by atoms with van der Waals surface area (Å²) in [5, 5.41) is 12.4. The summed E-state index contributed by atoms with van der Waals surface area (Å²) in [6.07, 6.45) is 0.593. The van der Waals surface area contributed by atoms with Crippen LogP contribution in [-0.2, 0) is 17.9 Å². The van der Waals surface area contributed by atoms with Gasteiger partial charge in [-0.15, -0.1) is 0 Å². The van der Waals surface area contributed by atoms with E-state index < -0.39 is 12.0 Å². The Labute approximate surface area is 171 Å². The first kappa shape index (κ1) is 20.9. The Hall–Kier alpha value is -1.37. The summed E-state index contributed by atoms with van der Waals surface area (Å²) in [7, 11) is 0. The van der Waals surface area contributed by atoms with Gasteiger partial charge >= 0.3 is 5.97 Å². The van der Waals surface area contributed by atoms with Gasteiger partial charge in [0.15, 0.2) is 0 Å². The second kappa shape index (κ2) is 10.1. The van der Waals surface area contributed by atoms with E-state index in [1.165, 1.54) is 0 Å². The fourth-order valence-corrected chi connectivity index (χ4v) is 4.08. The number of carboxylic acids is 1. The van der Waals surface area contributed by atoms with Crippen molar-refractivity contribution in [1.29, 1.82) is 0 Å². The minimum Gasteiger partial charge on any atom is -0.487 e. The van der Waals surface area contributed by atoms with Crippen molar-refractivity contribution in [3.63, 3.8) is 0 Å². The molecule has 6 heteroatoms. The van der Waals surface area contributed by atoms with Gasteiger partial charge in [0.25, 0.3) is 0 Å². The highest BCUT2D eigenvalue weighted by Crippen LogP contribution is 2.35. The molecule has 1 unspecified atom stereocenters. The molecule has 0 spiro atoms. The van der Waals surface area contributed by atoms with Crippen LogP contribution in [0, 0.1) is 5.92 Å². The van der Waals surface area contributed by atoms with Gasteiger partial charge < -0.3 is 15.2 Å². The highest BCUT2D eigenvalue weighted by Gasteiger charge is 2.18. The summed E-state index contributed by atoms with van der Waals surface area (Å²) >= 11 is 7.10. The first-order valence-electron chi connectivity index (χ1n) is 8.47. The van der Waals surface area contributed by atoms with E-state index in [1.807, 2.05) is 56.3 Å². The zero-order valence-corrected chi connectivity index (χ0v) is 18.0. The minimum atomic E-state index is -0.820. The zero-order valence-electron chi connectivity index (χ0n) is 14.8. The Balaban J connectivity index is 2.02. The molecule has 4 nitrogen and oxygen atoms in total. The summed E-state index contributed by atoms with van der Waals surface area (Å²) in [6, 6.07) is 13.3. The predicted octanol–water partition coefficient (Wildman–Crippen LogP) is 5.38. The Morgan fingerprint density at radius 1 is 1.12 bits per heavy atom. The lowest BCUT2D eigenvalue weighted by molar-refractivity contribution is -0.140. The van der Waals surface area contributed by atoms with E-state index in [4.69, 9.17) is 4.74 Å². The van der Waals surface area contributed by atoms with Crippen LogP contribution in [0.1, 0.15) is 31.4 Å². The predicted molar refractivity (Wildman–Crippen MR) is 110 cm³/mol. The molecule has 1 atom stereocenters. The van der Waals surface area contributed by atoms with Crippen LogP contribution >= 0.6 is 31.9 Å². The number of carboxylic acid groups (broad SMARTS) is 1. The van der Waals surface area contributed by atoms with Gasteiger partial charge in [0.1, 0.15) is 18.4 Å². The van der Waals surface area contributed by atoms with Crippen molar-refractivity contribution >= 4 is 37.8 Å². The molecule has 140 valence electrons. The van der Waals surface area contributed by atoms with Crippen molar-refractivity contribution in [2.24, 2.45) is 5.92 Å². The molecule has 0 saturated carbocycles. The molecule has 2 N–H and O–H groups in total. The molecule has 0 fully saturated rings. The van der Waals surface area contributed by atoms with E-state index in [1.54, 1.807) is 0 Å². The van der Waals surface area contributed by atoms with Gasteiger partial charge in [0.2, 0.25) is 0 Å². The Bertz CT molecular complexity index is 712. The van der Waals surface area contributed by atoms with Gasteiger partial charge in [-0.2, -0.15) is 0 Å². The van der Waals surface area contributed by atoms with Gasteiger partial charge in [-0.3, -0.25) is 4.79 Å². The summed E-state index contributed by atoms with van der Waals surface area (Å²) in [5.41, 5.74) is 2.07. The average Bonchev–Trinajstić information content (AvgIpc) is 2.58. The number of aliphatic carboxylic acids is 1. The Kier molecular flexibility index (Phi) is 8.13. The molecule has 2 aromatic carbocycles. The summed E-state index contributed by atoms with van der Waals surface area (Å²) in [5.74, 6) is 0.227. The number of benzene rings is 2. The van der Waals surface area contributed by atoms with Crippen molar-refractivity contribution in [2.75, 3.05) is 0 Å². The van der Waals surface area contributed by atoms with E-state index in [2.05, 4.69) is 37.2 Å². The summed E-state index contributed by atoms with van der Waals surface area (Å²) in [4.78, 5) is 11.4. The van der Waals surface area contributed by atoms with Crippen LogP contribution in [-0.4, -0.2) is 17.1 Å². The van der Waals surface area contributed by atoms with E-state index >= 15 is 0 Å². The molecule has 0 bridgehead atoms. The van der Waals surface area contributed by atoms with Gasteiger partial charge in [-0.1, -0.05) is 44.2 Å². The molecular weight excluding hydrogens is 462 g/mol. The number of nitrogens with one attached hydrogen (secondary N) is 1. The van der Waals surface area contributed by atoms with Crippen molar-refractivity contribution in [3.05, 3.63) is 62.5 Å². The van der Waals surface area contributed by atoms with Crippen LogP contribution in [0.15, 0.2) is 51.4 Å². The van der Waals surface area contributed by atoms with E-state index in [-0.39, 0.29) is 0 Å². The summed E-state index contributed by atoms with van der Waals surface area (Å²) < 4.78 is 7.57. The highest BCUT2D eigenvalue weighted by atomic mass is 79.9. The molecule has 0 amide bonds. The number of ether oxygens (including phenoxy) is 1. The van der Waals surface area contributed by atoms with E-state index in [0.717, 1.165) is 25.8 Å². The average molecular weight is 485 g/mol. The van der Waals surface area contributed by atoms with Crippen LogP contribution < -0.4 is 10.1 Å². The molecule has 0 saturated heterocycles. The monoisotopic (exact) mass is 483 g/mol. The van der Waals surface area contributed by atoms with Crippen LogP contribution in [0.3, 0.4) is 0 Å². The lowest BCUT2D eigenvalue weighted by Gasteiger charge is -2.17. The maximum absolute atomic E-state index is 11.4. The van der Waals surface area contributed by atoms with Crippen LogP contribution in [0.25, 0.3) is 0 Å². The molecular formula is C20H23Br2NO3. The van der Waals surface area contributed by atoms with Gasteiger partial charge in [0, 0.05) is 6.54 Å². The van der Waals surface area contributed by atoms with Crippen LogP contribution in [0.4, 0.5) is 0 Å². The van der Waals surface area contributed by atoms with Crippen molar-refractivity contribution in [3.8, 4) is 5.75 Å². The first-order chi connectivity index (χ1) is 12.4.